The largest absolute Gasteiger partial charge is 0.507 e. The van der Waals surface area contributed by atoms with E-state index in [2.05, 4.69) is 0 Å². The number of hydrogen-bond acceptors (Lipinski definition) is 12. The number of aliphatic hydroxyl groups is 2. The predicted molar refractivity (Wildman–Crippen MR) is 133 cm³/mol. The van der Waals surface area contributed by atoms with E-state index in [0.717, 1.165) is 0 Å². The molecule has 0 amide bonds. The van der Waals surface area contributed by atoms with E-state index >= 15 is 0 Å². The van der Waals surface area contributed by atoms with Crippen LogP contribution in [0.15, 0.2) is 18.2 Å². The van der Waals surface area contributed by atoms with E-state index in [4.69, 9.17) is 25.7 Å². The molecule has 0 bridgehead atoms. The van der Waals surface area contributed by atoms with Crippen LogP contribution in [0.2, 0.25) is 0 Å². The number of carbonyl (C=O) groups is 3. The van der Waals surface area contributed by atoms with Gasteiger partial charge in [-0.1, -0.05) is 12.1 Å². The molecule has 2 aliphatic carbocycles. The number of phenolic OH excluding ortho intramolecular Hbond substituents is 2. The van der Waals surface area contributed by atoms with Crippen molar-refractivity contribution in [1.29, 1.82) is 0 Å². The Kier molecular flexibility index (Phi) is 6.74. The van der Waals surface area contributed by atoms with Crippen molar-refractivity contribution in [1.82, 2.24) is 0 Å². The molecule has 1 heterocycles. The maximum Gasteiger partial charge on any atom is 0.202 e. The fourth-order valence-corrected chi connectivity index (χ4v) is 5.70. The van der Waals surface area contributed by atoms with Crippen LogP contribution in [0.5, 0.6) is 17.2 Å². The monoisotopic (exact) mass is 542 g/mol. The average Bonchev–Trinajstić information content (AvgIpc) is 2.87. The lowest BCUT2D eigenvalue weighted by molar-refractivity contribution is -0.247. The summed E-state index contributed by atoms with van der Waals surface area (Å²) in [5.74, 6) is -3.40. The van der Waals surface area contributed by atoms with E-state index in [1.165, 1.54) is 25.1 Å². The third kappa shape index (κ3) is 4.20. The summed E-state index contributed by atoms with van der Waals surface area (Å²) in [5, 5.41) is 44.2. The summed E-state index contributed by atoms with van der Waals surface area (Å²) in [5.41, 5.74) is 8.24. The fourth-order valence-electron chi connectivity index (χ4n) is 5.70. The summed E-state index contributed by atoms with van der Waals surface area (Å²) in [7, 11) is 0. The standard InChI is InChI=1S/C27H30N2O10/c1-10-22(31)14(29)6-17(38-10)39-16-8-27(36,11(2)30)7-13-19(16)26(35)21-20(24(13)33)23(32)12-4-3-5-15(37-9-28)18(12)25(21)34/h3-5,10,14,16-17,22,31,33,35-36H,6-9,28-29H2,1-2H3/t10?,14?,16-,17?,22?,27-/m0/s1. The van der Waals surface area contributed by atoms with Crippen LogP contribution < -0.4 is 16.2 Å². The second kappa shape index (κ2) is 9.66. The predicted octanol–water partition coefficient (Wildman–Crippen LogP) is 0.315. The molecule has 5 rings (SSSR count). The molecule has 8 N–H and O–H groups in total. The SMILES string of the molecule is CC(=O)[C@]1(O)Cc2c(O)c3c(c(O)c2[C@@H](OC2CC(N)C(O)C(C)O2)C1)C(=O)c1c(OCN)cccc1C3=O. The zero-order valence-electron chi connectivity index (χ0n) is 21.3. The first-order valence-electron chi connectivity index (χ1n) is 12.5. The summed E-state index contributed by atoms with van der Waals surface area (Å²) in [4.78, 5) is 39.7. The lowest BCUT2D eigenvalue weighted by Crippen LogP contribution is -2.52. The maximum atomic E-state index is 13.7. The Hall–Kier alpha value is -3.39. The highest BCUT2D eigenvalue weighted by atomic mass is 16.7. The van der Waals surface area contributed by atoms with Crippen molar-refractivity contribution in [2.75, 3.05) is 6.73 Å². The van der Waals surface area contributed by atoms with E-state index in [-0.39, 0.29) is 47.6 Å². The molecule has 39 heavy (non-hydrogen) atoms. The number of Topliss-reactive ketones (excluding diaryl/α,β-unsaturated/α-hetero) is 1. The molecule has 3 aliphatic rings. The van der Waals surface area contributed by atoms with Gasteiger partial charge in [0.25, 0.3) is 0 Å². The van der Waals surface area contributed by atoms with Crippen molar-refractivity contribution < 1.29 is 49.0 Å². The fraction of sp³-hybridized carbons (Fsp3) is 0.444. The molecule has 1 fully saturated rings. The van der Waals surface area contributed by atoms with E-state index in [0.29, 0.717) is 0 Å². The molecule has 6 atom stereocenters. The topological polar surface area (TPSA) is 212 Å². The zero-order chi connectivity index (χ0) is 28.4. The number of benzene rings is 2. The van der Waals surface area contributed by atoms with Crippen LogP contribution in [-0.2, 0) is 20.7 Å². The van der Waals surface area contributed by atoms with Crippen molar-refractivity contribution in [3.05, 3.63) is 51.6 Å². The van der Waals surface area contributed by atoms with Crippen molar-refractivity contribution >= 4 is 17.3 Å². The average molecular weight is 543 g/mol. The zero-order valence-corrected chi connectivity index (χ0v) is 21.3. The Morgan fingerprint density at radius 1 is 1.15 bits per heavy atom. The van der Waals surface area contributed by atoms with Gasteiger partial charge in [0.15, 0.2) is 17.9 Å². The molecule has 1 aliphatic heterocycles. The third-order valence-corrected chi connectivity index (χ3v) is 7.82. The molecule has 12 nitrogen and oxygen atoms in total. The van der Waals surface area contributed by atoms with Gasteiger partial charge in [-0.15, -0.1) is 0 Å². The van der Waals surface area contributed by atoms with Crippen LogP contribution in [0.1, 0.15) is 75.8 Å². The number of carbonyl (C=O) groups excluding carboxylic acids is 3. The number of ketones is 3. The highest BCUT2D eigenvalue weighted by molar-refractivity contribution is 6.31. The Morgan fingerprint density at radius 3 is 2.49 bits per heavy atom. The van der Waals surface area contributed by atoms with Crippen LogP contribution in [-0.4, -0.2) is 74.6 Å². The van der Waals surface area contributed by atoms with Gasteiger partial charge in [-0.2, -0.15) is 0 Å². The van der Waals surface area contributed by atoms with E-state index in [9.17, 15) is 34.8 Å². The van der Waals surface area contributed by atoms with Crippen LogP contribution in [0, 0.1) is 0 Å². The molecule has 1 saturated heterocycles. The van der Waals surface area contributed by atoms with Gasteiger partial charge in [0.1, 0.15) is 29.6 Å². The smallest absolute Gasteiger partial charge is 0.202 e. The van der Waals surface area contributed by atoms with Crippen LogP contribution in [0.25, 0.3) is 0 Å². The minimum absolute atomic E-state index is 0.0338. The Morgan fingerprint density at radius 2 is 1.85 bits per heavy atom. The molecular formula is C27H30N2O10. The van der Waals surface area contributed by atoms with Crippen LogP contribution in [0.4, 0.5) is 0 Å². The van der Waals surface area contributed by atoms with Gasteiger partial charge in [0, 0.05) is 42.0 Å². The first kappa shape index (κ1) is 27.2. The van der Waals surface area contributed by atoms with Gasteiger partial charge in [-0.05, 0) is 19.9 Å². The minimum Gasteiger partial charge on any atom is -0.507 e. The molecule has 0 saturated carbocycles. The van der Waals surface area contributed by atoms with Crippen LogP contribution >= 0.6 is 0 Å². The number of rotatable bonds is 5. The Balaban J connectivity index is 1.68. The van der Waals surface area contributed by atoms with Gasteiger partial charge in [0.2, 0.25) is 5.78 Å². The van der Waals surface area contributed by atoms with Crippen molar-refractivity contribution in [3.63, 3.8) is 0 Å². The minimum atomic E-state index is -2.01. The van der Waals surface area contributed by atoms with Crippen molar-refractivity contribution in [3.8, 4) is 17.2 Å². The number of hydrogen-bond donors (Lipinski definition) is 6. The highest BCUT2D eigenvalue weighted by Crippen LogP contribution is 2.52. The molecule has 208 valence electrons. The summed E-state index contributed by atoms with van der Waals surface area (Å²) in [6.07, 6.45) is -4.63. The summed E-state index contributed by atoms with van der Waals surface area (Å²) >= 11 is 0. The number of fused-ring (bicyclic) bond motifs is 3. The summed E-state index contributed by atoms with van der Waals surface area (Å²) in [6.45, 7) is 2.50. The molecule has 12 heteroatoms. The molecule has 2 aromatic rings. The van der Waals surface area contributed by atoms with Crippen LogP contribution in [0.3, 0.4) is 0 Å². The molecule has 2 aromatic carbocycles. The lowest BCUT2D eigenvalue weighted by atomic mass is 9.72. The van der Waals surface area contributed by atoms with E-state index < -0.39 is 82.6 Å². The summed E-state index contributed by atoms with van der Waals surface area (Å²) < 4.78 is 17.1. The second-order valence-electron chi connectivity index (χ2n) is 10.2. The highest BCUT2D eigenvalue weighted by Gasteiger charge is 2.49. The number of nitrogens with two attached hydrogens (primary N) is 2. The lowest BCUT2D eigenvalue weighted by Gasteiger charge is -2.42. The van der Waals surface area contributed by atoms with Crippen molar-refractivity contribution in [2.45, 2.75) is 69.4 Å². The van der Waals surface area contributed by atoms with Gasteiger partial charge in [-0.3, -0.25) is 20.1 Å². The number of aromatic hydroxyl groups is 2. The molecular weight excluding hydrogens is 512 g/mol. The molecule has 0 spiro atoms. The second-order valence-corrected chi connectivity index (χ2v) is 10.2. The maximum absolute atomic E-state index is 13.7. The van der Waals surface area contributed by atoms with Gasteiger partial charge < -0.3 is 40.4 Å². The number of ether oxygens (including phenoxy) is 3. The normalized spacial score (nSPS) is 29.8. The quantitative estimate of drug-likeness (QED) is 0.190. The Labute approximate surface area is 223 Å². The van der Waals surface area contributed by atoms with Gasteiger partial charge >= 0.3 is 0 Å². The number of phenols is 2. The van der Waals surface area contributed by atoms with Gasteiger partial charge in [0.05, 0.1) is 35.0 Å². The summed E-state index contributed by atoms with van der Waals surface area (Å²) in [6, 6.07) is 3.63. The molecule has 0 radical (unpaired) electrons. The molecule has 4 unspecified atom stereocenters. The van der Waals surface area contributed by atoms with E-state index in [1.54, 1.807) is 6.92 Å². The third-order valence-electron chi connectivity index (χ3n) is 7.82. The van der Waals surface area contributed by atoms with Crippen molar-refractivity contribution in [2.24, 2.45) is 11.5 Å². The first-order chi connectivity index (χ1) is 18.4. The Bertz CT molecular complexity index is 1380. The van der Waals surface area contributed by atoms with Gasteiger partial charge in [-0.25, -0.2) is 0 Å². The van der Waals surface area contributed by atoms with E-state index in [1.807, 2.05) is 0 Å². The molecule has 0 aromatic heterocycles. The number of aliphatic hydroxyl groups excluding tert-OH is 1. The first-order valence-corrected chi connectivity index (χ1v) is 12.5.